The molecule has 1 atom stereocenters. The summed E-state index contributed by atoms with van der Waals surface area (Å²) in [6.07, 6.45) is 5.91. The second-order valence-corrected chi connectivity index (χ2v) is 8.27. The minimum atomic E-state index is -0.602. The molecule has 2 amide bonds. The maximum atomic E-state index is 14.5. The fraction of sp³-hybridized carbons (Fsp3) is 0.619. The molecule has 0 spiro atoms. The Bertz CT molecular complexity index is 662. The molecule has 0 heterocycles. The van der Waals surface area contributed by atoms with E-state index in [1.165, 1.54) is 25.0 Å². The normalized spacial score (nSPS) is 16.9. The zero-order valence-corrected chi connectivity index (χ0v) is 16.7. The predicted octanol–water partition coefficient (Wildman–Crippen LogP) is 4.86. The Morgan fingerprint density at radius 3 is 2.33 bits per heavy atom. The molecule has 0 radical (unpaired) electrons. The number of hydrogen-bond acceptors (Lipinski definition) is 3. The summed E-state index contributed by atoms with van der Waals surface area (Å²) in [5, 5.41) is 5.63. The van der Waals surface area contributed by atoms with Gasteiger partial charge < -0.3 is 15.4 Å². The van der Waals surface area contributed by atoms with E-state index in [1.807, 2.05) is 0 Å². The van der Waals surface area contributed by atoms with Gasteiger partial charge in [-0.2, -0.15) is 0 Å². The Morgan fingerprint density at radius 2 is 1.78 bits per heavy atom. The first kappa shape index (κ1) is 21.2. The van der Waals surface area contributed by atoms with Crippen LogP contribution in [-0.4, -0.2) is 23.6 Å². The molecule has 1 saturated carbocycles. The summed E-state index contributed by atoms with van der Waals surface area (Å²) in [5.41, 5.74) is 0.00600. The van der Waals surface area contributed by atoms with E-state index >= 15 is 0 Å². The van der Waals surface area contributed by atoms with Gasteiger partial charge in [-0.05, 0) is 58.2 Å². The van der Waals surface area contributed by atoms with Crippen LogP contribution >= 0.6 is 0 Å². The standard InChI is InChI=1S/C21H31FN2O3/c1-14(23-20(26)27-21(2,3)4)15-11-12-17(18(22)13-15)19(25)24-16-9-7-5-6-8-10-16/h11-14,16H,5-10H2,1-4H3,(H,23,26)(H,24,25)/t14-/m0/s1. The van der Waals surface area contributed by atoms with E-state index < -0.39 is 23.6 Å². The number of nitrogens with one attached hydrogen (secondary N) is 2. The number of alkyl carbamates (subject to hydrolysis) is 1. The van der Waals surface area contributed by atoms with Crippen LogP contribution in [-0.2, 0) is 4.74 Å². The second-order valence-electron chi connectivity index (χ2n) is 8.27. The number of benzene rings is 1. The third-order valence-electron chi connectivity index (χ3n) is 4.66. The Kier molecular flexibility index (Phi) is 7.22. The molecule has 0 aromatic heterocycles. The summed E-state index contributed by atoms with van der Waals surface area (Å²) in [4.78, 5) is 24.3. The molecular weight excluding hydrogens is 347 g/mol. The molecule has 0 aliphatic heterocycles. The predicted molar refractivity (Wildman–Crippen MR) is 103 cm³/mol. The van der Waals surface area contributed by atoms with Crippen LogP contribution in [0.25, 0.3) is 0 Å². The molecule has 1 aromatic carbocycles. The highest BCUT2D eigenvalue weighted by molar-refractivity contribution is 5.94. The molecule has 0 saturated heterocycles. The third kappa shape index (κ3) is 6.85. The van der Waals surface area contributed by atoms with Crippen molar-refractivity contribution in [2.45, 2.75) is 83.9 Å². The van der Waals surface area contributed by atoms with E-state index in [9.17, 15) is 14.0 Å². The lowest BCUT2D eigenvalue weighted by atomic mass is 10.0. The molecule has 0 unspecified atom stereocenters. The molecular formula is C21H31FN2O3. The molecule has 1 aliphatic rings. The maximum Gasteiger partial charge on any atom is 0.408 e. The van der Waals surface area contributed by atoms with Gasteiger partial charge in [0.2, 0.25) is 0 Å². The van der Waals surface area contributed by atoms with Crippen molar-refractivity contribution in [3.63, 3.8) is 0 Å². The molecule has 5 nitrogen and oxygen atoms in total. The molecule has 1 aromatic rings. The summed E-state index contributed by atoms with van der Waals surface area (Å²) in [7, 11) is 0. The highest BCUT2D eigenvalue weighted by Gasteiger charge is 2.21. The molecule has 1 fully saturated rings. The zero-order chi connectivity index (χ0) is 20.0. The van der Waals surface area contributed by atoms with E-state index in [0.29, 0.717) is 5.56 Å². The Morgan fingerprint density at radius 1 is 1.15 bits per heavy atom. The second kappa shape index (κ2) is 9.20. The lowest BCUT2D eigenvalue weighted by Gasteiger charge is -2.22. The first-order valence-corrected chi connectivity index (χ1v) is 9.75. The lowest BCUT2D eigenvalue weighted by Crippen LogP contribution is -2.35. The van der Waals surface area contributed by atoms with Crippen molar-refractivity contribution in [3.8, 4) is 0 Å². The largest absolute Gasteiger partial charge is 0.444 e. The van der Waals surface area contributed by atoms with Crippen molar-refractivity contribution >= 4 is 12.0 Å². The topological polar surface area (TPSA) is 67.4 Å². The molecule has 150 valence electrons. The number of hydrogen-bond donors (Lipinski definition) is 2. The minimum Gasteiger partial charge on any atom is -0.444 e. The molecule has 0 bridgehead atoms. The summed E-state index contributed by atoms with van der Waals surface area (Å²) in [6.45, 7) is 7.07. The van der Waals surface area contributed by atoms with Gasteiger partial charge in [0.15, 0.2) is 0 Å². The van der Waals surface area contributed by atoms with Crippen LogP contribution in [0.1, 0.15) is 88.2 Å². The first-order chi connectivity index (χ1) is 12.7. The average molecular weight is 378 g/mol. The Hall–Kier alpha value is -2.11. The SMILES string of the molecule is C[C@H](NC(=O)OC(C)(C)C)c1ccc(C(=O)NC2CCCCCC2)c(F)c1. The summed E-state index contributed by atoms with van der Waals surface area (Å²) < 4.78 is 19.7. The molecule has 2 rings (SSSR count). The number of amides is 2. The Balaban J connectivity index is 1.99. The van der Waals surface area contributed by atoms with E-state index in [2.05, 4.69) is 10.6 Å². The van der Waals surface area contributed by atoms with E-state index in [0.717, 1.165) is 25.7 Å². The highest BCUT2D eigenvalue weighted by Crippen LogP contribution is 2.20. The van der Waals surface area contributed by atoms with Crippen molar-refractivity contribution in [1.29, 1.82) is 0 Å². The fourth-order valence-corrected chi connectivity index (χ4v) is 3.24. The van der Waals surface area contributed by atoms with Gasteiger partial charge in [-0.25, -0.2) is 9.18 Å². The fourth-order valence-electron chi connectivity index (χ4n) is 3.24. The van der Waals surface area contributed by atoms with Gasteiger partial charge in [-0.15, -0.1) is 0 Å². The Labute approximate surface area is 161 Å². The quantitative estimate of drug-likeness (QED) is 0.735. The monoisotopic (exact) mass is 378 g/mol. The number of halogens is 1. The molecule has 27 heavy (non-hydrogen) atoms. The van der Waals surface area contributed by atoms with Crippen LogP contribution in [0, 0.1) is 5.82 Å². The first-order valence-electron chi connectivity index (χ1n) is 9.75. The van der Waals surface area contributed by atoms with Crippen molar-refractivity contribution in [2.24, 2.45) is 0 Å². The van der Waals surface area contributed by atoms with Gasteiger partial charge in [0.25, 0.3) is 5.91 Å². The van der Waals surface area contributed by atoms with Crippen molar-refractivity contribution in [3.05, 3.63) is 35.1 Å². The van der Waals surface area contributed by atoms with Gasteiger partial charge in [-0.3, -0.25) is 4.79 Å². The van der Waals surface area contributed by atoms with Crippen molar-refractivity contribution in [1.82, 2.24) is 10.6 Å². The van der Waals surface area contributed by atoms with Gasteiger partial charge in [-0.1, -0.05) is 31.7 Å². The van der Waals surface area contributed by atoms with E-state index in [1.54, 1.807) is 33.8 Å². The van der Waals surface area contributed by atoms with Gasteiger partial charge in [0.1, 0.15) is 11.4 Å². The number of ether oxygens (including phenoxy) is 1. The third-order valence-corrected chi connectivity index (χ3v) is 4.66. The lowest BCUT2D eigenvalue weighted by molar-refractivity contribution is 0.0507. The smallest absolute Gasteiger partial charge is 0.408 e. The van der Waals surface area contributed by atoms with Crippen LogP contribution in [0.3, 0.4) is 0 Å². The van der Waals surface area contributed by atoms with E-state index in [-0.39, 0.29) is 17.5 Å². The summed E-state index contributed by atoms with van der Waals surface area (Å²) >= 11 is 0. The van der Waals surface area contributed by atoms with E-state index in [4.69, 9.17) is 4.74 Å². The molecule has 6 heteroatoms. The van der Waals surface area contributed by atoms with Gasteiger partial charge >= 0.3 is 6.09 Å². The van der Waals surface area contributed by atoms with Crippen LogP contribution in [0.4, 0.5) is 9.18 Å². The average Bonchev–Trinajstić information content (AvgIpc) is 2.81. The van der Waals surface area contributed by atoms with Gasteiger partial charge in [0.05, 0.1) is 11.6 Å². The molecule has 2 N–H and O–H groups in total. The van der Waals surface area contributed by atoms with Crippen molar-refractivity contribution in [2.75, 3.05) is 0 Å². The number of rotatable bonds is 4. The highest BCUT2D eigenvalue weighted by atomic mass is 19.1. The van der Waals surface area contributed by atoms with Gasteiger partial charge in [0, 0.05) is 6.04 Å². The number of carbonyl (C=O) groups is 2. The number of carbonyl (C=O) groups excluding carboxylic acids is 2. The van der Waals surface area contributed by atoms with Crippen LogP contribution in [0.15, 0.2) is 18.2 Å². The maximum absolute atomic E-state index is 14.5. The summed E-state index contributed by atoms with van der Waals surface area (Å²) in [5.74, 6) is -0.963. The minimum absolute atomic E-state index is 0.0347. The van der Waals surface area contributed by atoms with Crippen LogP contribution in [0.2, 0.25) is 0 Å². The van der Waals surface area contributed by atoms with Crippen LogP contribution < -0.4 is 10.6 Å². The summed E-state index contributed by atoms with van der Waals surface area (Å²) in [6, 6.07) is 4.11. The van der Waals surface area contributed by atoms with Crippen LogP contribution in [0.5, 0.6) is 0 Å². The van der Waals surface area contributed by atoms with Crippen molar-refractivity contribution < 1.29 is 18.7 Å². The molecule has 1 aliphatic carbocycles. The zero-order valence-electron chi connectivity index (χ0n) is 16.7.